The zero-order valence-electron chi connectivity index (χ0n) is 21.3. The molecule has 0 spiro atoms. The minimum Gasteiger partial charge on any atom is -0.465 e. The van der Waals surface area contributed by atoms with Crippen molar-refractivity contribution in [2.24, 2.45) is 11.8 Å². The number of hydrogen-bond donors (Lipinski definition) is 0. The molecular formula is C30H46O4. The van der Waals surface area contributed by atoms with Crippen LogP contribution in [0.15, 0.2) is 42.5 Å². The third-order valence-corrected chi connectivity index (χ3v) is 6.73. The highest BCUT2D eigenvalue weighted by molar-refractivity contribution is 5.82. The lowest BCUT2D eigenvalue weighted by molar-refractivity contribution is -0.161. The highest BCUT2D eigenvalue weighted by Crippen LogP contribution is 2.28. The van der Waals surface area contributed by atoms with E-state index in [0.717, 1.165) is 25.7 Å². The fourth-order valence-corrected chi connectivity index (χ4v) is 4.58. The normalized spacial score (nSPS) is 17.4. The molecular weight excluding hydrogens is 424 g/mol. The minimum atomic E-state index is -0.424. The van der Waals surface area contributed by atoms with Crippen molar-refractivity contribution in [3.05, 3.63) is 48.0 Å². The summed E-state index contributed by atoms with van der Waals surface area (Å²) in [5, 5.41) is 0. The van der Waals surface area contributed by atoms with Gasteiger partial charge in [-0.2, -0.15) is 0 Å². The number of hydrogen-bond acceptors (Lipinski definition) is 4. The number of benzene rings is 1. The molecule has 0 aromatic heterocycles. The van der Waals surface area contributed by atoms with Crippen LogP contribution in [0.4, 0.5) is 0 Å². The molecule has 1 aliphatic rings. The molecule has 4 heteroatoms. The van der Waals surface area contributed by atoms with Gasteiger partial charge < -0.3 is 9.47 Å². The van der Waals surface area contributed by atoms with Gasteiger partial charge in [-0.05, 0) is 37.7 Å². The Morgan fingerprint density at radius 3 is 1.68 bits per heavy atom. The van der Waals surface area contributed by atoms with Gasteiger partial charge in [0.05, 0.1) is 25.0 Å². The average molecular weight is 471 g/mol. The number of allylic oxidation sites excluding steroid dienone is 2. The Bertz CT molecular complexity index is 697. The SMILES string of the molecule is CCCCCCCCCCCCCOC(=O)C1CC=CCC1C(=O)OCCCc1ccccc1. The number of rotatable bonds is 18. The van der Waals surface area contributed by atoms with Crippen molar-refractivity contribution >= 4 is 11.9 Å². The van der Waals surface area contributed by atoms with Crippen LogP contribution in [0.1, 0.15) is 102 Å². The first-order valence-corrected chi connectivity index (χ1v) is 13.7. The van der Waals surface area contributed by atoms with Crippen molar-refractivity contribution in [1.82, 2.24) is 0 Å². The van der Waals surface area contributed by atoms with Gasteiger partial charge in [-0.1, -0.05) is 114 Å². The predicted molar refractivity (Wildman–Crippen MR) is 138 cm³/mol. The molecule has 4 nitrogen and oxygen atoms in total. The van der Waals surface area contributed by atoms with Crippen molar-refractivity contribution in [2.45, 2.75) is 103 Å². The second-order valence-corrected chi connectivity index (χ2v) is 9.62. The van der Waals surface area contributed by atoms with Crippen LogP contribution in [0.3, 0.4) is 0 Å². The molecule has 2 unspecified atom stereocenters. The molecule has 1 aliphatic carbocycles. The molecule has 2 atom stereocenters. The molecule has 0 saturated heterocycles. The van der Waals surface area contributed by atoms with E-state index in [-0.39, 0.29) is 11.9 Å². The molecule has 0 saturated carbocycles. The first kappa shape index (κ1) is 28.1. The Morgan fingerprint density at radius 1 is 0.676 bits per heavy atom. The van der Waals surface area contributed by atoms with Gasteiger partial charge in [0.2, 0.25) is 0 Å². The number of unbranched alkanes of at least 4 members (excludes halogenated alkanes) is 10. The first-order chi connectivity index (χ1) is 16.7. The quantitative estimate of drug-likeness (QED) is 0.126. The van der Waals surface area contributed by atoms with E-state index in [1.165, 1.54) is 63.4 Å². The standard InChI is InChI=1S/C30H46O4/c1-2-3-4-5-6-7-8-9-10-11-17-24-33-29(31)27-22-15-16-23-28(27)30(32)34-25-18-21-26-19-13-12-14-20-26/h12-16,19-20,27-28H,2-11,17-18,21-25H2,1H3. The second kappa shape index (κ2) is 18.3. The number of esters is 2. The molecule has 1 aromatic carbocycles. The summed E-state index contributed by atoms with van der Waals surface area (Å²) >= 11 is 0. The van der Waals surface area contributed by atoms with E-state index in [9.17, 15) is 9.59 Å². The van der Waals surface area contributed by atoms with Gasteiger partial charge in [0.1, 0.15) is 0 Å². The molecule has 34 heavy (non-hydrogen) atoms. The van der Waals surface area contributed by atoms with E-state index in [1.807, 2.05) is 30.4 Å². The molecule has 2 rings (SSSR count). The smallest absolute Gasteiger partial charge is 0.310 e. The summed E-state index contributed by atoms with van der Waals surface area (Å²) in [5.41, 5.74) is 1.24. The van der Waals surface area contributed by atoms with Crippen molar-refractivity contribution in [3.8, 4) is 0 Å². The van der Waals surface area contributed by atoms with Gasteiger partial charge in [-0.3, -0.25) is 9.59 Å². The lowest BCUT2D eigenvalue weighted by Gasteiger charge is -2.25. The monoisotopic (exact) mass is 470 g/mol. The topological polar surface area (TPSA) is 52.6 Å². The van der Waals surface area contributed by atoms with Crippen LogP contribution < -0.4 is 0 Å². The summed E-state index contributed by atoms with van der Waals surface area (Å²) in [6, 6.07) is 10.2. The van der Waals surface area contributed by atoms with Gasteiger partial charge in [-0.25, -0.2) is 0 Å². The van der Waals surface area contributed by atoms with E-state index < -0.39 is 11.8 Å². The van der Waals surface area contributed by atoms with E-state index >= 15 is 0 Å². The highest BCUT2D eigenvalue weighted by atomic mass is 16.5. The number of aryl methyl sites for hydroxylation is 1. The summed E-state index contributed by atoms with van der Waals surface area (Å²) < 4.78 is 11.1. The Kier molecular flexibility index (Phi) is 15.1. The number of carbonyl (C=O) groups is 2. The third-order valence-electron chi connectivity index (χ3n) is 6.73. The van der Waals surface area contributed by atoms with Crippen LogP contribution in [0.2, 0.25) is 0 Å². The average Bonchev–Trinajstić information content (AvgIpc) is 2.87. The van der Waals surface area contributed by atoms with Gasteiger partial charge in [0.15, 0.2) is 0 Å². The Morgan fingerprint density at radius 2 is 1.15 bits per heavy atom. The number of ether oxygens (including phenoxy) is 2. The summed E-state index contributed by atoms with van der Waals surface area (Å²) in [6.07, 6.45) is 20.7. The van der Waals surface area contributed by atoms with E-state index in [2.05, 4.69) is 19.1 Å². The van der Waals surface area contributed by atoms with Crippen molar-refractivity contribution in [1.29, 1.82) is 0 Å². The second-order valence-electron chi connectivity index (χ2n) is 9.62. The summed E-state index contributed by atoms with van der Waals surface area (Å²) in [5.74, 6) is -1.36. The van der Waals surface area contributed by atoms with Crippen LogP contribution in [-0.4, -0.2) is 25.2 Å². The van der Waals surface area contributed by atoms with Gasteiger partial charge in [0, 0.05) is 0 Å². The molecule has 0 radical (unpaired) electrons. The fraction of sp³-hybridized carbons (Fsp3) is 0.667. The van der Waals surface area contributed by atoms with Gasteiger partial charge >= 0.3 is 11.9 Å². The maximum absolute atomic E-state index is 12.6. The van der Waals surface area contributed by atoms with E-state index in [1.54, 1.807) is 0 Å². The summed E-state index contributed by atoms with van der Waals surface area (Å²) in [4.78, 5) is 25.3. The predicted octanol–water partition coefficient (Wildman–Crippen LogP) is 7.60. The molecule has 0 N–H and O–H groups in total. The lowest BCUT2D eigenvalue weighted by atomic mass is 9.83. The maximum Gasteiger partial charge on any atom is 0.310 e. The van der Waals surface area contributed by atoms with E-state index in [4.69, 9.17) is 9.47 Å². The number of carbonyl (C=O) groups excluding carboxylic acids is 2. The Balaban J connectivity index is 1.55. The molecule has 1 aromatic rings. The Labute approximate surface area is 207 Å². The van der Waals surface area contributed by atoms with Crippen molar-refractivity contribution in [3.63, 3.8) is 0 Å². The van der Waals surface area contributed by atoms with Crippen LogP contribution in [0.5, 0.6) is 0 Å². The van der Waals surface area contributed by atoms with Crippen LogP contribution >= 0.6 is 0 Å². The van der Waals surface area contributed by atoms with Crippen LogP contribution in [0, 0.1) is 11.8 Å². The largest absolute Gasteiger partial charge is 0.465 e. The molecule has 0 aliphatic heterocycles. The third kappa shape index (κ3) is 11.9. The minimum absolute atomic E-state index is 0.248. The van der Waals surface area contributed by atoms with Gasteiger partial charge in [-0.15, -0.1) is 0 Å². The lowest BCUT2D eigenvalue weighted by Crippen LogP contribution is -2.34. The first-order valence-electron chi connectivity index (χ1n) is 13.7. The molecule has 0 heterocycles. The van der Waals surface area contributed by atoms with Crippen LogP contribution in [0.25, 0.3) is 0 Å². The Hall–Kier alpha value is -2.10. The van der Waals surface area contributed by atoms with Crippen LogP contribution in [-0.2, 0) is 25.5 Å². The van der Waals surface area contributed by atoms with Crippen molar-refractivity contribution < 1.29 is 19.1 Å². The summed E-state index contributed by atoms with van der Waals surface area (Å²) in [6.45, 7) is 3.09. The summed E-state index contributed by atoms with van der Waals surface area (Å²) in [7, 11) is 0. The molecule has 0 fully saturated rings. The van der Waals surface area contributed by atoms with Crippen molar-refractivity contribution in [2.75, 3.05) is 13.2 Å². The zero-order chi connectivity index (χ0) is 24.3. The molecule has 0 amide bonds. The fourth-order valence-electron chi connectivity index (χ4n) is 4.58. The van der Waals surface area contributed by atoms with E-state index in [0.29, 0.717) is 26.1 Å². The highest BCUT2D eigenvalue weighted by Gasteiger charge is 2.36. The molecule has 0 bridgehead atoms. The molecule has 190 valence electrons. The zero-order valence-corrected chi connectivity index (χ0v) is 21.3. The maximum atomic E-state index is 12.6. The van der Waals surface area contributed by atoms with Gasteiger partial charge in [0.25, 0.3) is 0 Å².